The van der Waals surface area contributed by atoms with E-state index in [1.54, 1.807) is 4.40 Å². The molecule has 0 atom stereocenters. The molecule has 3 saturated carbocycles. The van der Waals surface area contributed by atoms with Crippen molar-refractivity contribution in [2.24, 2.45) is 5.92 Å². The van der Waals surface area contributed by atoms with Gasteiger partial charge in [-0.25, -0.2) is 18.7 Å². The van der Waals surface area contributed by atoms with Crippen LogP contribution in [0, 0.1) is 17.6 Å². The minimum Gasteiger partial charge on any atom is -0.382 e. The van der Waals surface area contributed by atoms with Gasteiger partial charge >= 0.3 is 6.30 Å². The quantitative estimate of drug-likeness (QED) is 0.299. The van der Waals surface area contributed by atoms with Crippen molar-refractivity contribution in [2.75, 3.05) is 5.73 Å². The van der Waals surface area contributed by atoms with E-state index < -0.39 is 29.4 Å². The molecule has 0 spiro atoms. The first-order valence-corrected chi connectivity index (χ1v) is 12.5. The van der Waals surface area contributed by atoms with Crippen molar-refractivity contribution in [3.8, 4) is 11.1 Å². The van der Waals surface area contributed by atoms with Crippen LogP contribution in [0.25, 0.3) is 27.7 Å². The predicted octanol–water partition coefficient (Wildman–Crippen LogP) is 5.28. The lowest BCUT2D eigenvalue weighted by atomic mass is 9.49. The Kier molecular flexibility index (Phi) is 5.04. The summed E-state index contributed by atoms with van der Waals surface area (Å²) in [6.45, 7) is -0.128. The zero-order chi connectivity index (χ0) is 28.0. The van der Waals surface area contributed by atoms with Gasteiger partial charge in [-0.1, -0.05) is 12.1 Å². The van der Waals surface area contributed by atoms with Gasteiger partial charge in [0.2, 0.25) is 0 Å². The number of hydrogen-bond donors (Lipinski definition) is 1. The summed E-state index contributed by atoms with van der Waals surface area (Å²) in [6.07, 6.45) is 2.33. The van der Waals surface area contributed by atoms with Crippen LogP contribution in [0.5, 0.6) is 0 Å². The van der Waals surface area contributed by atoms with E-state index in [1.165, 1.54) is 35.6 Å². The summed E-state index contributed by atoms with van der Waals surface area (Å²) >= 11 is 0. The van der Waals surface area contributed by atoms with E-state index >= 15 is 8.78 Å². The number of benzene rings is 2. The van der Waals surface area contributed by atoms with Crippen LogP contribution in [0.3, 0.4) is 0 Å². The number of fused-ring (bicyclic) bond motifs is 3. The molecule has 8 nitrogen and oxygen atoms in total. The van der Waals surface area contributed by atoms with Crippen LogP contribution in [-0.4, -0.2) is 40.5 Å². The summed E-state index contributed by atoms with van der Waals surface area (Å²) in [6, 6.07) is 6.57. The van der Waals surface area contributed by atoms with E-state index in [-0.39, 0.29) is 44.8 Å². The number of carbonyl (C=O) groups excluding carboxylic acids is 1. The van der Waals surface area contributed by atoms with E-state index in [0.717, 1.165) is 43.8 Å². The highest BCUT2D eigenvalue weighted by atomic mass is 19.4. The summed E-state index contributed by atoms with van der Waals surface area (Å²) in [7, 11) is 0. The number of imidazole rings is 1. The second kappa shape index (κ2) is 8.23. The molecule has 3 aromatic heterocycles. The number of halogens is 5. The molecule has 40 heavy (non-hydrogen) atoms. The molecule has 2 N–H and O–H groups in total. The molecule has 13 heteroatoms. The third-order valence-electron chi connectivity index (χ3n) is 8.08. The van der Waals surface area contributed by atoms with Crippen LogP contribution >= 0.6 is 0 Å². The summed E-state index contributed by atoms with van der Waals surface area (Å²) < 4.78 is 70.9. The maximum atomic E-state index is 15.3. The Hall–Kier alpha value is -4.55. The Morgan fingerprint density at radius 2 is 1.82 bits per heavy atom. The SMILES string of the molecule is Nc1nc2cc(F)c(C(=O)N(Cc3ccc(-c4cnn(C(F)(F)F)c4)cc3F)C34CC(C3)C4)cc2n2cncc12. The Morgan fingerprint density at radius 3 is 2.48 bits per heavy atom. The monoisotopic (exact) mass is 553 g/mol. The maximum absolute atomic E-state index is 15.3. The van der Waals surface area contributed by atoms with E-state index in [0.29, 0.717) is 17.0 Å². The smallest absolute Gasteiger partial charge is 0.382 e. The molecule has 8 rings (SSSR count). The predicted molar refractivity (Wildman–Crippen MR) is 134 cm³/mol. The van der Waals surface area contributed by atoms with Crippen molar-refractivity contribution in [3.05, 3.63) is 78.0 Å². The Labute approximate surface area is 222 Å². The standard InChI is InChI=1S/C27H20F5N7O/c28-19-3-15(17-9-35-39(12-17)27(30,31)32)1-2-16(19)11-38(26-6-14(7-26)8-26)25(40)18-4-22-21(5-20(18)29)36-24(33)23-10-34-13-37(22)23/h1-5,9-10,12-14H,6-8,11H2,(H2,33,36). The van der Waals surface area contributed by atoms with Crippen molar-refractivity contribution in [3.63, 3.8) is 0 Å². The van der Waals surface area contributed by atoms with Crippen molar-refractivity contribution >= 4 is 28.3 Å². The van der Waals surface area contributed by atoms with Gasteiger partial charge in [-0.05, 0) is 42.9 Å². The number of aromatic nitrogens is 5. The third-order valence-corrected chi connectivity index (χ3v) is 8.08. The Morgan fingerprint density at radius 1 is 1.05 bits per heavy atom. The number of carbonyl (C=O) groups is 1. The number of alkyl halides is 3. The zero-order valence-electron chi connectivity index (χ0n) is 20.7. The average molecular weight is 553 g/mol. The molecule has 0 radical (unpaired) electrons. The van der Waals surface area contributed by atoms with Gasteiger partial charge in [-0.2, -0.15) is 9.78 Å². The highest BCUT2D eigenvalue weighted by Gasteiger charge is 2.61. The lowest BCUT2D eigenvalue weighted by molar-refractivity contribution is -0.212. The van der Waals surface area contributed by atoms with Crippen molar-refractivity contribution < 1.29 is 26.7 Å². The molecule has 3 fully saturated rings. The fourth-order valence-electron chi connectivity index (χ4n) is 5.86. The molecule has 0 unspecified atom stereocenters. The molecule has 5 aromatic rings. The summed E-state index contributed by atoms with van der Waals surface area (Å²) in [5, 5.41) is 3.29. The van der Waals surface area contributed by atoms with Gasteiger partial charge in [0.15, 0.2) is 0 Å². The molecule has 2 bridgehead atoms. The van der Waals surface area contributed by atoms with E-state index in [1.807, 2.05) is 0 Å². The number of rotatable bonds is 5. The Bertz CT molecular complexity index is 1830. The minimum atomic E-state index is -4.69. The van der Waals surface area contributed by atoms with Crippen LogP contribution in [0.4, 0.5) is 27.8 Å². The van der Waals surface area contributed by atoms with Crippen LogP contribution < -0.4 is 5.73 Å². The summed E-state index contributed by atoms with van der Waals surface area (Å²) in [4.78, 5) is 23.7. The summed E-state index contributed by atoms with van der Waals surface area (Å²) in [5.74, 6) is -1.41. The molecule has 2 aromatic carbocycles. The van der Waals surface area contributed by atoms with Gasteiger partial charge in [0.25, 0.3) is 5.91 Å². The van der Waals surface area contributed by atoms with Gasteiger partial charge in [0.1, 0.15) is 23.0 Å². The molecule has 1 amide bonds. The van der Waals surface area contributed by atoms with E-state index in [2.05, 4.69) is 15.1 Å². The van der Waals surface area contributed by atoms with Crippen LogP contribution in [0.15, 0.2) is 55.2 Å². The number of nitrogen functional groups attached to an aromatic ring is 1. The first kappa shape index (κ1) is 24.5. The second-order valence-corrected chi connectivity index (χ2v) is 10.5. The topological polar surface area (TPSA) is 94.3 Å². The van der Waals surface area contributed by atoms with Gasteiger partial charge in [0.05, 0.1) is 35.3 Å². The van der Waals surface area contributed by atoms with Crippen molar-refractivity contribution in [1.82, 2.24) is 29.0 Å². The lowest BCUT2D eigenvalue weighted by Gasteiger charge is -2.66. The average Bonchev–Trinajstić information content (AvgIpc) is 3.53. The van der Waals surface area contributed by atoms with Crippen molar-refractivity contribution in [1.29, 1.82) is 0 Å². The number of hydrogen-bond acceptors (Lipinski definition) is 5. The number of nitrogens with two attached hydrogens (primary N) is 1. The molecule has 0 aliphatic heterocycles. The molecule has 3 aliphatic carbocycles. The lowest BCUT2D eigenvalue weighted by Crippen LogP contribution is -2.69. The van der Waals surface area contributed by atoms with Gasteiger partial charge in [-0.15, -0.1) is 13.2 Å². The Balaban J connectivity index is 1.24. The largest absolute Gasteiger partial charge is 0.504 e. The van der Waals surface area contributed by atoms with E-state index in [9.17, 15) is 18.0 Å². The highest BCUT2D eigenvalue weighted by molar-refractivity contribution is 5.99. The maximum Gasteiger partial charge on any atom is 0.504 e. The zero-order valence-corrected chi connectivity index (χ0v) is 20.7. The van der Waals surface area contributed by atoms with Crippen LogP contribution in [0.2, 0.25) is 0 Å². The molecule has 204 valence electrons. The van der Waals surface area contributed by atoms with Crippen molar-refractivity contribution in [2.45, 2.75) is 37.6 Å². The molecular weight excluding hydrogens is 533 g/mol. The number of nitrogens with zero attached hydrogens (tertiary/aromatic N) is 6. The number of anilines is 1. The first-order chi connectivity index (χ1) is 19.0. The molecular formula is C27H20F5N7O. The van der Waals surface area contributed by atoms with Gasteiger partial charge in [0, 0.05) is 35.5 Å². The third kappa shape index (κ3) is 3.63. The number of amides is 1. The fourth-order valence-corrected chi connectivity index (χ4v) is 5.86. The first-order valence-electron chi connectivity index (χ1n) is 12.5. The van der Waals surface area contributed by atoms with Crippen LogP contribution in [-0.2, 0) is 12.8 Å². The second-order valence-electron chi connectivity index (χ2n) is 10.5. The van der Waals surface area contributed by atoms with E-state index in [4.69, 9.17) is 5.73 Å². The summed E-state index contributed by atoms with van der Waals surface area (Å²) in [5.41, 5.74) is 6.95. The minimum absolute atomic E-state index is 0.0911. The normalized spacial score (nSPS) is 20.0. The highest BCUT2D eigenvalue weighted by Crippen LogP contribution is 2.61. The van der Waals surface area contributed by atoms with Gasteiger partial charge in [-0.3, -0.25) is 9.20 Å². The molecule has 0 saturated heterocycles. The van der Waals surface area contributed by atoms with Crippen LogP contribution in [0.1, 0.15) is 35.2 Å². The fraction of sp³-hybridized carbons (Fsp3) is 0.259. The molecule has 3 heterocycles. The van der Waals surface area contributed by atoms with Gasteiger partial charge < -0.3 is 10.6 Å². The molecule has 3 aliphatic rings.